The van der Waals surface area contributed by atoms with Crippen molar-refractivity contribution in [1.82, 2.24) is 5.32 Å². The zero-order valence-corrected chi connectivity index (χ0v) is 16.2. The van der Waals surface area contributed by atoms with Crippen LogP contribution < -0.4 is 20.4 Å². The van der Waals surface area contributed by atoms with Gasteiger partial charge in [0.2, 0.25) is 5.91 Å². The highest BCUT2D eigenvalue weighted by molar-refractivity contribution is 5.90. The van der Waals surface area contributed by atoms with Crippen molar-refractivity contribution in [3.8, 4) is 11.5 Å². The molecule has 6 heteroatoms. The second kappa shape index (κ2) is 8.61. The summed E-state index contributed by atoms with van der Waals surface area (Å²) < 4.78 is 16.1. The fourth-order valence-electron chi connectivity index (χ4n) is 3.18. The Kier molecular flexibility index (Phi) is 5.99. The Morgan fingerprint density at radius 3 is 2.54 bits per heavy atom. The highest BCUT2D eigenvalue weighted by atomic mass is 16.5. The van der Waals surface area contributed by atoms with Crippen LogP contribution in [0.3, 0.4) is 0 Å². The summed E-state index contributed by atoms with van der Waals surface area (Å²) >= 11 is 0. The molecule has 0 fully saturated rings. The number of rotatable bonds is 7. The molecule has 1 amide bonds. The van der Waals surface area contributed by atoms with Gasteiger partial charge in [-0.1, -0.05) is 30.3 Å². The number of hydrogen-bond donors (Lipinski definition) is 1. The van der Waals surface area contributed by atoms with Crippen LogP contribution in [0, 0.1) is 6.92 Å². The Labute approximate surface area is 163 Å². The highest BCUT2D eigenvalue weighted by Crippen LogP contribution is 2.33. The van der Waals surface area contributed by atoms with Crippen LogP contribution in [-0.2, 0) is 17.6 Å². The van der Waals surface area contributed by atoms with Crippen molar-refractivity contribution in [2.24, 2.45) is 0 Å². The van der Waals surface area contributed by atoms with Crippen LogP contribution in [0.15, 0.2) is 51.7 Å². The van der Waals surface area contributed by atoms with Gasteiger partial charge in [-0.3, -0.25) is 4.79 Å². The van der Waals surface area contributed by atoms with E-state index in [0.29, 0.717) is 40.1 Å². The van der Waals surface area contributed by atoms with E-state index in [9.17, 15) is 9.59 Å². The number of methoxy groups -OCH3 is 2. The smallest absolute Gasteiger partial charge is 0.340 e. The molecule has 0 aliphatic rings. The molecule has 3 rings (SSSR count). The van der Waals surface area contributed by atoms with Gasteiger partial charge in [-0.2, -0.15) is 0 Å². The number of hydrogen-bond acceptors (Lipinski definition) is 5. The number of ether oxygens (including phenoxy) is 2. The number of amides is 1. The van der Waals surface area contributed by atoms with Gasteiger partial charge in [-0.05, 0) is 24.5 Å². The van der Waals surface area contributed by atoms with Crippen molar-refractivity contribution < 1.29 is 18.7 Å². The normalized spacial score (nSPS) is 10.7. The Bertz CT molecular complexity index is 1040. The first-order valence-electron chi connectivity index (χ1n) is 9.02. The van der Waals surface area contributed by atoms with Gasteiger partial charge in [0.15, 0.2) is 0 Å². The van der Waals surface area contributed by atoms with E-state index in [0.717, 1.165) is 12.0 Å². The van der Waals surface area contributed by atoms with E-state index in [2.05, 4.69) is 5.32 Å². The zero-order chi connectivity index (χ0) is 20.1. The molecule has 3 aromatic rings. The summed E-state index contributed by atoms with van der Waals surface area (Å²) in [5.74, 6) is 0.831. The lowest BCUT2D eigenvalue weighted by molar-refractivity contribution is -0.120. The van der Waals surface area contributed by atoms with Gasteiger partial charge in [0.25, 0.3) is 0 Å². The largest absolute Gasteiger partial charge is 0.496 e. The standard InChI is InChI=1S/C22H23NO5/c1-14-17(13-20(24)23-10-9-15-7-5-4-6-8-15)22(25)28-19-12-16(26-2)11-18(27-3)21(14)19/h4-8,11-12H,9-10,13H2,1-3H3,(H,23,24). The van der Waals surface area contributed by atoms with Crippen molar-refractivity contribution in [2.45, 2.75) is 19.8 Å². The molecule has 0 atom stereocenters. The average Bonchev–Trinajstić information content (AvgIpc) is 2.70. The van der Waals surface area contributed by atoms with E-state index in [1.165, 1.54) is 14.2 Å². The van der Waals surface area contributed by atoms with Crippen molar-refractivity contribution >= 4 is 16.9 Å². The van der Waals surface area contributed by atoms with Crippen LogP contribution in [0.2, 0.25) is 0 Å². The molecule has 0 saturated heterocycles. The van der Waals surface area contributed by atoms with Gasteiger partial charge in [0.1, 0.15) is 17.1 Å². The van der Waals surface area contributed by atoms with E-state index in [-0.39, 0.29) is 12.3 Å². The minimum Gasteiger partial charge on any atom is -0.496 e. The molecular formula is C22H23NO5. The lowest BCUT2D eigenvalue weighted by Gasteiger charge is -2.12. The molecule has 2 aromatic carbocycles. The number of aryl methyl sites for hydroxylation is 1. The molecule has 1 aromatic heterocycles. The Morgan fingerprint density at radius 1 is 1.11 bits per heavy atom. The van der Waals surface area contributed by atoms with Crippen LogP contribution in [0.1, 0.15) is 16.7 Å². The van der Waals surface area contributed by atoms with Crippen LogP contribution in [0.5, 0.6) is 11.5 Å². The molecule has 1 heterocycles. The third-order valence-corrected chi connectivity index (χ3v) is 4.69. The summed E-state index contributed by atoms with van der Waals surface area (Å²) in [5, 5.41) is 3.52. The van der Waals surface area contributed by atoms with Crippen molar-refractivity contribution in [2.75, 3.05) is 20.8 Å². The topological polar surface area (TPSA) is 77.8 Å². The molecule has 0 bridgehead atoms. The first-order valence-corrected chi connectivity index (χ1v) is 9.02. The van der Waals surface area contributed by atoms with Crippen molar-refractivity contribution in [3.05, 3.63) is 69.6 Å². The maximum absolute atomic E-state index is 12.5. The SMILES string of the molecule is COc1cc(OC)c2c(C)c(CC(=O)NCCc3ccccc3)c(=O)oc2c1. The molecule has 28 heavy (non-hydrogen) atoms. The van der Waals surface area contributed by atoms with Crippen LogP contribution in [0.4, 0.5) is 0 Å². The van der Waals surface area contributed by atoms with E-state index >= 15 is 0 Å². The monoisotopic (exact) mass is 381 g/mol. The van der Waals surface area contributed by atoms with Crippen LogP contribution in [-0.4, -0.2) is 26.7 Å². The minimum atomic E-state index is -0.529. The van der Waals surface area contributed by atoms with Crippen LogP contribution >= 0.6 is 0 Å². The average molecular weight is 381 g/mol. The zero-order valence-electron chi connectivity index (χ0n) is 16.2. The maximum atomic E-state index is 12.5. The van der Waals surface area contributed by atoms with E-state index < -0.39 is 5.63 Å². The van der Waals surface area contributed by atoms with Gasteiger partial charge in [0.05, 0.1) is 31.6 Å². The summed E-state index contributed by atoms with van der Waals surface area (Å²) in [4.78, 5) is 24.8. The fourth-order valence-corrected chi connectivity index (χ4v) is 3.18. The summed E-state index contributed by atoms with van der Waals surface area (Å²) in [6.07, 6.45) is 0.680. The first kappa shape index (κ1) is 19.5. The first-order chi connectivity index (χ1) is 13.5. The predicted molar refractivity (Wildman–Crippen MR) is 107 cm³/mol. The van der Waals surface area contributed by atoms with Gasteiger partial charge in [0, 0.05) is 18.7 Å². The molecule has 0 spiro atoms. The van der Waals surface area contributed by atoms with Gasteiger partial charge < -0.3 is 19.2 Å². The molecule has 0 aliphatic carbocycles. The fraction of sp³-hybridized carbons (Fsp3) is 0.273. The lowest BCUT2D eigenvalue weighted by Crippen LogP contribution is -2.29. The van der Waals surface area contributed by atoms with E-state index in [1.807, 2.05) is 30.3 Å². The third-order valence-electron chi connectivity index (χ3n) is 4.69. The maximum Gasteiger partial charge on any atom is 0.340 e. The summed E-state index contributed by atoms with van der Waals surface area (Å²) in [6, 6.07) is 13.2. The third kappa shape index (κ3) is 4.17. The van der Waals surface area contributed by atoms with Crippen molar-refractivity contribution in [1.29, 1.82) is 0 Å². The van der Waals surface area contributed by atoms with E-state index in [4.69, 9.17) is 13.9 Å². The number of benzene rings is 2. The Balaban J connectivity index is 1.80. The molecule has 0 radical (unpaired) electrons. The summed E-state index contributed by atoms with van der Waals surface area (Å²) in [7, 11) is 3.06. The lowest BCUT2D eigenvalue weighted by atomic mass is 10.0. The number of nitrogens with one attached hydrogen (secondary N) is 1. The van der Waals surface area contributed by atoms with Gasteiger partial charge in [-0.25, -0.2) is 4.79 Å². The van der Waals surface area contributed by atoms with Crippen LogP contribution in [0.25, 0.3) is 11.0 Å². The number of fused-ring (bicyclic) bond motifs is 1. The van der Waals surface area contributed by atoms with E-state index in [1.54, 1.807) is 19.1 Å². The van der Waals surface area contributed by atoms with Crippen molar-refractivity contribution in [3.63, 3.8) is 0 Å². The highest BCUT2D eigenvalue weighted by Gasteiger charge is 2.18. The quantitative estimate of drug-likeness (QED) is 0.637. The molecule has 6 nitrogen and oxygen atoms in total. The van der Waals surface area contributed by atoms with Gasteiger partial charge >= 0.3 is 5.63 Å². The molecule has 146 valence electrons. The Morgan fingerprint density at radius 2 is 1.86 bits per heavy atom. The molecule has 0 aliphatic heterocycles. The summed E-state index contributed by atoms with van der Waals surface area (Å²) in [5.41, 5.74) is 1.98. The predicted octanol–water partition coefficient (Wildman–Crippen LogP) is 3.02. The minimum absolute atomic E-state index is 0.0475. The second-order valence-electron chi connectivity index (χ2n) is 6.46. The second-order valence-corrected chi connectivity index (χ2v) is 6.46. The molecular weight excluding hydrogens is 358 g/mol. The molecule has 0 unspecified atom stereocenters. The molecule has 0 saturated carbocycles. The summed E-state index contributed by atoms with van der Waals surface area (Å²) in [6.45, 7) is 2.29. The Hall–Kier alpha value is -3.28. The number of carbonyl (C=O) groups is 1. The molecule has 1 N–H and O–H groups in total. The van der Waals surface area contributed by atoms with Gasteiger partial charge in [-0.15, -0.1) is 0 Å². The number of carbonyl (C=O) groups excluding carboxylic acids is 1.